The van der Waals surface area contributed by atoms with E-state index in [2.05, 4.69) is 15.3 Å². The van der Waals surface area contributed by atoms with Crippen LogP contribution in [0.5, 0.6) is 5.75 Å². The molecule has 0 atom stereocenters. The van der Waals surface area contributed by atoms with Crippen molar-refractivity contribution in [1.29, 1.82) is 0 Å². The van der Waals surface area contributed by atoms with E-state index in [1.165, 1.54) is 0 Å². The number of nitrogens with one attached hydrogen (secondary N) is 3. The molecule has 6 nitrogen and oxygen atoms in total. The van der Waals surface area contributed by atoms with Crippen LogP contribution in [0, 0.1) is 0 Å². The minimum Gasteiger partial charge on any atom is -0.496 e. The molecule has 0 unspecified atom stereocenters. The maximum Gasteiger partial charge on any atom is 0.323 e. The Balaban J connectivity index is 1.64. The summed E-state index contributed by atoms with van der Waals surface area (Å²) < 4.78 is 5.24. The first-order valence-corrected chi connectivity index (χ1v) is 7.25. The quantitative estimate of drug-likeness (QED) is 0.670. The third-order valence-electron chi connectivity index (χ3n) is 3.61. The maximum atomic E-state index is 12.1. The van der Waals surface area contributed by atoms with Crippen LogP contribution < -0.4 is 15.7 Å². The number of imidazole rings is 1. The van der Waals surface area contributed by atoms with E-state index in [4.69, 9.17) is 4.74 Å². The molecule has 0 radical (unpaired) electrons. The minimum atomic E-state index is -0.239. The van der Waals surface area contributed by atoms with Crippen molar-refractivity contribution in [3.05, 3.63) is 64.1 Å². The van der Waals surface area contributed by atoms with Crippen molar-refractivity contribution in [2.75, 3.05) is 7.11 Å². The second-order valence-electron chi connectivity index (χ2n) is 5.22. The molecular weight excluding hydrogens is 294 g/mol. The van der Waals surface area contributed by atoms with E-state index >= 15 is 0 Å². The van der Waals surface area contributed by atoms with E-state index in [0.29, 0.717) is 12.3 Å². The second kappa shape index (κ2) is 6.39. The molecule has 23 heavy (non-hydrogen) atoms. The number of carbonyl (C=O) groups is 1. The van der Waals surface area contributed by atoms with Gasteiger partial charge >= 0.3 is 5.69 Å². The number of hydrogen-bond acceptors (Lipinski definition) is 3. The van der Waals surface area contributed by atoms with Crippen LogP contribution in [-0.4, -0.2) is 23.0 Å². The highest BCUT2D eigenvalue weighted by molar-refractivity contribution is 5.79. The number of methoxy groups -OCH3 is 1. The van der Waals surface area contributed by atoms with Gasteiger partial charge in [-0.1, -0.05) is 24.3 Å². The molecule has 0 saturated carbocycles. The molecule has 0 fully saturated rings. The molecule has 2 aromatic carbocycles. The van der Waals surface area contributed by atoms with E-state index in [9.17, 15) is 9.59 Å². The lowest BCUT2D eigenvalue weighted by Gasteiger charge is -2.09. The summed E-state index contributed by atoms with van der Waals surface area (Å²) in [6.45, 7) is 0.400. The fraction of sp³-hybridized carbons (Fsp3) is 0.176. The molecule has 0 bridgehead atoms. The first kappa shape index (κ1) is 14.9. The van der Waals surface area contributed by atoms with Crippen LogP contribution in [0.15, 0.2) is 47.3 Å². The summed E-state index contributed by atoms with van der Waals surface area (Å²) in [6.07, 6.45) is 0.257. The molecule has 0 aliphatic heterocycles. The molecule has 1 amide bonds. The maximum absolute atomic E-state index is 12.1. The van der Waals surface area contributed by atoms with E-state index in [1.807, 2.05) is 42.5 Å². The molecule has 118 valence electrons. The zero-order chi connectivity index (χ0) is 16.2. The van der Waals surface area contributed by atoms with Crippen molar-refractivity contribution in [2.24, 2.45) is 0 Å². The molecule has 3 rings (SSSR count). The molecule has 1 heterocycles. The van der Waals surface area contributed by atoms with Gasteiger partial charge in [-0.15, -0.1) is 0 Å². The Morgan fingerprint density at radius 1 is 1.13 bits per heavy atom. The van der Waals surface area contributed by atoms with Crippen LogP contribution in [0.4, 0.5) is 0 Å². The van der Waals surface area contributed by atoms with Crippen molar-refractivity contribution in [1.82, 2.24) is 15.3 Å². The van der Waals surface area contributed by atoms with Gasteiger partial charge in [0.15, 0.2) is 0 Å². The van der Waals surface area contributed by atoms with Crippen LogP contribution in [0.2, 0.25) is 0 Å². The van der Waals surface area contributed by atoms with Crippen molar-refractivity contribution >= 4 is 16.9 Å². The predicted octanol–water partition coefficient (Wildman–Crippen LogP) is 1.72. The lowest BCUT2D eigenvalue weighted by molar-refractivity contribution is -0.120. The van der Waals surface area contributed by atoms with Crippen molar-refractivity contribution < 1.29 is 9.53 Å². The minimum absolute atomic E-state index is 0.0860. The van der Waals surface area contributed by atoms with Gasteiger partial charge in [0.2, 0.25) is 5.91 Å². The Hall–Kier alpha value is -3.02. The summed E-state index contributed by atoms with van der Waals surface area (Å²) in [5.74, 6) is 0.617. The fourth-order valence-corrected chi connectivity index (χ4v) is 2.47. The van der Waals surface area contributed by atoms with Crippen LogP contribution in [0.3, 0.4) is 0 Å². The standard InChI is InChI=1S/C17H17N3O3/c1-23-15-5-3-2-4-12(15)9-16(21)18-10-11-6-7-13-14(8-11)20-17(22)19-13/h2-8H,9-10H2,1H3,(H,18,21)(H2,19,20,22). The summed E-state index contributed by atoms with van der Waals surface area (Å²) in [4.78, 5) is 28.7. The molecule has 1 aromatic heterocycles. The Labute approximate surface area is 132 Å². The van der Waals surface area contributed by atoms with Gasteiger partial charge in [0.1, 0.15) is 5.75 Å². The predicted molar refractivity (Wildman–Crippen MR) is 87.5 cm³/mol. The number of aromatic amines is 2. The monoisotopic (exact) mass is 311 g/mol. The van der Waals surface area contributed by atoms with E-state index in [1.54, 1.807) is 7.11 Å². The van der Waals surface area contributed by atoms with E-state index < -0.39 is 0 Å². The zero-order valence-corrected chi connectivity index (χ0v) is 12.7. The average molecular weight is 311 g/mol. The van der Waals surface area contributed by atoms with Crippen molar-refractivity contribution in [3.63, 3.8) is 0 Å². The number of aromatic nitrogens is 2. The van der Waals surface area contributed by atoms with Gasteiger partial charge in [0.05, 0.1) is 24.6 Å². The summed E-state index contributed by atoms with van der Waals surface area (Å²) in [6, 6.07) is 13.0. The summed E-state index contributed by atoms with van der Waals surface area (Å²) in [7, 11) is 1.59. The molecule has 0 saturated heterocycles. The number of para-hydroxylation sites is 1. The highest BCUT2D eigenvalue weighted by Crippen LogP contribution is 2.17. The van der Waals surface area contributed by atoms with Crippen LogP contribution in [0.25, 0.3) is 11.0 Å². The Morgan fingerprint density at radius 3 is 2.74 bits per heavy atom. The van der Waals surface area contributed by atoms with Crippen molar-refractivity contribution in [2.45, 2.75) is 13.0 Å². The van der Waals surface area contributed by atoms with Gasteiger partial charge < -0.3 is 20.0 Å². The molecular formula is C17H17N3O3. The highest BCUT2D eigenvalue weighted by Gasteiger charge is 2.08. The lowest BCUT2D eigenvalue weighted by atomic mass is 10.1. The van der Waals surface area contributed by atoms with Gasteiger partial charge in [-0.05, 0) is 23.8 Å². The normalized spacial score (nSPS) is 10.7. The summed E-state index contributed by atoms with van der Waals surface area (Å²) >= 11 is 0. The van der Waals surface area contributed by atoms with Gasteiger partial charge in [0.25, 0.3) is 0 Å². The van der Waals surface area contributed by atoms with E-state index in [-0.39, 0.29) is 18.0 Å². The average Bonchev–Trinajstić information content (AvgIpc) is 2.92. The number of hydrogen-bond donors (Lipinski definition) is 3. The third kappa shape index (κ3) is 3.42. The van der Waals surface area contributed by atoms with Crippen molar-refractivity contribution in [3.8, 4) is 5.75 Å². The number of rotatable bonds is 5. The number of fused-ring (bicyclic) bond motifs is 1. The Morgan fingerprint density at radius 2 is 1.91 bits per heavy atom. The van der Waals surface area contributed by atoms with Crippen LogP contribution >= 0.6 is 0 Å². The Bertz CT molecular complexity index is 895. The molecule has 6 heteroatoms. The van der Waals surface area contributed by atoms with Gasteiger partial charge in [-0.25, -0.2) is 4.79 Å². The topological polar surface area (TPSA) is 87.0 Å². The lowest BCUT2D eigenvalue weighted by Crippen LogP contribution is -2.24. The number of amides is 1. The fourth-order valence-electron chi connectivity index (χ4n) is 2.47. The zero-order valence-electron chi connectivity index (χ0n) is 12.7. The van der Waals surface area contributed by atoms with Gasteiger partial charge in [-0.2, -0.15) is 0 Å². The molecule has 0 aliphatic carbocycles. The molecule has 3 aromatic rings. The van der Waals surface area contributed by atoms with Crippen LogP contribution in [0.1, 0.15) is 11.1 Å². The number of carbonyl (C=O) groups excluding carboxylic acids is 1. The number of benzene rings is 2. The third-order valence-corrected chi connectivity index (χ3v) is 3.61. The number of ether oxygens (including phenoxy) is 1. The van der Waals surface area contributed by atoms with Gasteiger partial charge in [-0.3, -0.25) is 4.79 Å². The largest absolute Gasteiger partial charge is 0.496 e. The first-order valence-electron chi connectivity index (χ1n) is 7.25. The molecule has 0 spiro atoms. The van der Waals surface area contributed by atoms with E-state index in [0.717, 1.165) is 22.2 Å². The first-order chi connectivity index (χ1) is 11.2. The molecule has 0 aliphatic rings. The SMILES string of the molecule is COc1ccccc1CC(=O)NCc1ccc2[nH]c(=O)[nH]c2c1. The highest BCUT2D eigenvalue weighted by atomic mass is 16.5. The summed E-state index contributed by atoms with van der Waals surface area (Å²) in [5.41, 5.74) is 3.00. The van der Waals surface area contributed by atoms with Crippen LogP contribution in [-0.2, 0) is 17.8 Å². The molecule has 3 N–H and O–H groups in total. The Kier molecular flexibility index (Phi) is 4.14. The summed E-state index contributed by atoms with van der Waals surface area (Å²) in [5, 5.41) is 2.87. The number of H-pyrrole nitrogens is 2. The van der Waals surface area contributed by atoms with Gasteiger partial charge in [0, 0.05) is 12.1 Å². The second-order valence-corrected chi connectivity index (χ2v) is 5.22. The smallest absolute Gasteiger partial charge is 0.323 e.